The van der Waals surface area contributed by atoms with Crippen LogP contribution in [0.5, 0.6) is 11.5 Å². The Kier molecular flexibility index (Phi) is 6.24. The van der Waals surface area contributed by atoms with Crippen LogP contribution in [0.2, 0.25) is 5.02 Å². The Morgan fingerprint density at radius 2 is 2.12 bits per heavy atom. The van der Waals surface area contributed by atoms with Crippen LogP contribution in [-0.4, -0.2) is 17.3 Å². The Morgan fingerprint density at radius 3 is 2.77 bits per heavy atom. The summed E-state index contributed by atoms with van der Waals surface area (Å²) in [6.45, 7) is 0.307. The lowest BCUT2D eigenvalue weighted by Crippen LogP contribution is -2.17. The van der Waals surface area contributed by atoms with Crippen molar-refractivity contribution >= 4 is 67.8 Å². The quantitative estimate of drug-likeness (QED) is 0.482. The summed E-state index contributed by atoms with van der Waals surface area (Å²) in [4.78, 5) is 12.4. The molecule has 0 saturated carbocycles. The molecular weight excluding hydrogens is 458 g/mol. The molecule has 4 nitrogen and oxygen atoms in total. The van der Waals surface area contributed by atoms with Crippen LogP contribution in [0.15, 0.2) is 45.8 Å². The topological polar surface area (TPSA) is 47.6 Å². The third-order valence-electron chi connectivity index (χ3n) is 3.52. The molecule has 0 unspecified atom stereocenters. The number of carbonyl (C=O) groups excluding carboxylic acids is 1. The highest BCUT2D eigenvalue weighted by atomic mass is 79.9. The Morgan fingerprint density at radius 1 is 1.35 bits per heavy atom. The summed E-state index contributed by atoms with van der Waals surface area (Å²) in [5, 5.41) is 3.24. The molecule has 26 heavy (non-hydrogen) atoms. The summed E-state index contributed by atoms with van der Waals surface area (Å²) in [7, 11) is 1.56. The van der Waals surface area contributed by atoms with Crippen molar-refractivity contribution < 1.29 is 14.3 Å². The van der Waals surface area contributed by atoms with Gasteiger partial charge in [-0.15, -0.1) is 0 Å². The molecule has 1 amide bonds. The van der Waals surface area contributed by atoms with Crippen LogP contribution in [0, 0.1) is 0 Å². The number of hydrogen-bond acceptors (Lipinski definition) is 5. The zero-order valence-corrected chi connectivity index (χ0v) is 17.5. The lowest BCUT2D eigenvalue weighted by Gasteiger charge is -2.14. The number of benzene rings is 2. The zero-order chi connectivity index (χ0) is 18.7. The largest absolute Gasteiger partial charge is 0.493 e. The first-order valence-electron chi connectivity index (χ1n) is 7.46. The van der Waals surface area contributed by atoms with E-state index in [1.807, 2.05) is 30.3 Å². The number of rotatable bonds is 5. The molecule has 0 spiro atoms. The second-order valence-corrected chi connectivity index (χ2v) is 8.25. The average molecular weight is 471 g/mol. The minimum absolute atomic E-state index is 0.200. The third kappa shape index (κ3) is 4.40. The van der Waals surface area contributed by atoms with Crippen molar-refractivity contribution in [1.82, 2.24) is 5.32 Å². The maximum atomic E-state index is 11.8. The smallest absolute Gasteiger partial charge is 0.263 e. The second kappa shape index (κ2) is 8.43. The van der Waals surface area contributed by atoms with Crippen molar-refractivity contribution in [2.45, 2.75) is 6.61 Å². The van der Waals surface area contributed by atoms with Crippen molar-refractivity contribution in [2.75, 3.05) is 7.11 Å². The molecule has 1 heterocycles. The third-order valence-corrected chi connectivity index (χ3v) is 5.64. The predicted molar refractivity (Wildman–Crippen MR) is 113 cm³/mol. The van der Waals surface area contributed by atoms with Gasteiger partial charge in [-0.05, 0) is 45.8 Å². The Balaban J connectivity index is 1.86. The molecule has 1 saturated heterocycles. The molecule has 1 aliphatic rings. The summed E-state index contributed by atoms with van der Waals surface area (Å²) in [6, 6.07) is 11.1. The van der Waals surface area contributed by atoms with Gasteiger partial charge in [-0.1, -0.05) is 53.8 Å². The van der Waals surface area contributed by atoms with Crippen molar-refractivity contribution in [2.24, 2.45) is 0 Å². The lowest BCUT2D eigenvalue weighted by molar-refractivity contribution is -0.115. The highest BCUT2D eigenvalue weighted by Gasteiger charge is 2.22. The molecule has 2 aromatic carbocycles. The minimum atomic E-state index is -0.200. The van der Waals surface area contributed by atoms with Crippen LogP contribution in [0.3, 0.4) is 0 Å². The molecule has 0 bridgehead atoms. The molecule has 0 atom stereocenters. The van der Waals surface area contributed by atoms with Gasteiger partial charge in [0.2, 0.25) is 0 Å². The number of methoxy groups -OCH3 is 1. The normalized spacial score (nSPS) is 15.3. The van der Waals surface area contributed by atoms with Gasteiger partial charge in [0.1, 0.15) is 10.9 Å². The van der Waals surface area contributed by atoms with Crippen molar-refractivity contribution in [1.29, 1.82) is 0 Å². The van der Waals surface area contributed by atoms with Crippen LogP contribution in [-0.2, 0) is 11.4 Å². The fourth-order valence-electron chi connectivity index (χ4n) is 2.30. The number of ether oxygens (including phenoxy) is 2. The summed E-state index contributed by atoms with van der Waals surface area (Å²) in [5.41, 5.74) is 1.67. The van der Waals surface area contributed by atoms with Gasteiger partial charge in [-0.3, -0.25) is 4.79 Å². The van der Waals surface area contributed by atoms with Gasteiger partial charge >= 0.3 is 0 Å². The molecule has 1 aliphatic heterocycles. The molecule has 1 N–H and O–H groups in total. The number of carbonyl (C=O) groups is 1. The van der Waals surface area contributed by atoms with E-state index in [2.05, 4.69) is 21.2 Å². The molecule has 8 heteroatoms. The van der Waals surface area contributed by atoms with Gasteiger partial charge < -0.3 is 14.8 Å². The Bertz CT molecular complexity index is 917. The summed E-state index contributed by atoms with van der Waals surface area (Å²) >= 11 is 15.9. The van der Waals surface area contributed by atoms with Crippen LogP contribution >= 0.6 is 51.5 Å². The van der Waals surface area contributed by atoms with E-state index in [0.29, 0.717) is 36.8 Å². The highest BCUT2D eigenvalue weighted by molar-refractivity contribution is 9.10. The van der Waals surface area contributed by atoms with Gasteiger partial charge in [0, 0.05) is 10.6 Å². The standard InChI is InChI=1S/C18H13BrClNO3S2/c1-23-14-7-10(8-15-17(22)21-18(25)26-15)6-12(19)16(14)24-9-11-4-2-3-5-13(11)20/h2-8H,9H2,1H3,(H,21,22,25). The van der Waals surface area contributed by atoms with E-state index in [4.69, 9.17) is 33.3 Å². The van der Waals surface area contributed by atoms with E-state index in [-0.39, 0.29) is 5.91 Å². The van der Waals surface area contributed by atoms with Crippen molar-refractivity contribution in [3.05, 3.63) is 61.9 Å². The second-order valence-electron chi connectivity index (χ2n) is 5.27. The number of thiocarbonyl (C=S) groups is 1. The van der Waals surface area contributed by atoms with Crippen LogP contribution in [0.4, 0.5) is 0 Å². The molecule has 3 rings (SSSR count). The van der Waals surface area contributed by atoms with Crippen LogP contribution in [0.25, 0.3) is 6.08 Å². The van der Waals surface area contributed by atoms with E-state index in [9.17, 15) is 4.79 Å². The van der Waals surface area contributed by atoms with Crippen molar-refractivity contribution in [3.8, 4) is 11.5 Å². The molecular formula is C18H13BrClNO3S2. The fraction of sp³-hybridized carbons (Fsp3) is 0.111. The molecule has 0 radical (unpaired) electrons. The maximum Gasteiger partial charge on any atom is 0.263 e. The van der Waals surface area contributed by atoms with Crippen LogP contribution in [0.1, 0.15) is 11.1 Å². The van der Waals surface area contributed by atoms with Gasteiger partial charge in [-0.2, -0.15) is 0 Å². The molecule has 1 fully saturated rings. The number of nitrogens with one attached hydrogen (secondary N) is 1. The first kappa shape index (κ1) is 19.2. The summed E-state index contributed by atoms with van der Waals surface area (Å²) < 4.78 is 12.5. The predicted octanol–water partition coefficient (Wildman–Crippen LogP) is 5.18. The van der Waals surface area contributed by atoms with Gasteiger partial charge in [0.25, 0.3) is 5.91 Å². The minimum Gasteiger partial charge on any atom is -0.493 e. The van der Waals surface area contributed by atoms with E-state index in [1.54, 1.807) is 19.3 Å². The monoisotopic (exact) mass is 469 g/mol. The fourth-order valence-corrected chi connectivity index (χ4v) is 4.11. The molecule has 2 aromatic rings. The molecule has 0 aliphatic carbocycles. The number of amides is 1. The number of thioether (sulfide) groups is 1. The van der Waals surface area contributed by atoms with Gasteiger partial charge in [0.15, 0.2) is 11.5 Å². The van der Waals surface area contributed by atoms with Crippen LogP contribution < -0.4 is 14.8 Å². The lowest BCUT2D eigenvalue weighted by atomic mass is 10.2. The summed E-state index contributed by atoms with van der Waals surface area (Å²) in [6.07, 6.45) is 1.75. The molecule has 134 valence electrons. The Labute approximate surface area is 174 Å². The van der Waals surface area contributed by atoms with E-state index < -0.39 is 0 Å². The summed E-state index contributed by atoms with van der Waals surface area (Å²) in [5.74, 6) is 0.909. The molecule has 0 aromatic heterocycles. The number of hydrogen-bond donors (Lipinski definition) is 1. The highest BCUT2D eigenvalue weighted by Crippen LogP contribution is 2.39. The van der Waals surface area contributed by atoms with Crippen molar-refractivity contribution in [3.63, 3.8) is 0 Å². The first-order chi connectivity index (χ1) is 12.5. The van der Waals surface area contributed by atoms with Gasteiger partial charge in [-0.25, -0.2) is 0 Å². The Hall–Kier alpha value is -1.54. The zero-order valence-electron chi connectivity index (χ0n) is 13.5. The average Bonchev–Trinajstić information content (AvgIpc) is 2.92. The maximum absolute atomic E-state index is 11.8. The SMILES string of the molecule is COc1cc(C=C2SC(=S)NC2=O)cc(Br)c1OCc1ccccc1Cl. The van der Waals surface area contributed by atoms with Gasteiger partial charge in [0.05, 0.1) is 16.5 Å². The number of halogens is 2. The first-order valence-corrected chi connectivity index (χ1v) is 9.86. The van der Waals surface area contributed by atoms with E-state index >= 15 is 0 Å². The van der Waals surface area contributed by atoms with E-state index in [1.165, 1.54) is 11.8 Å². The van der Waals surface area contributed by atoms with E-state index in [0.717, 1.165) is 11.1 Å².